The molecular weight excluding hydrogens is 439 g/mol. The Morgan fingerprint density at radius 2 is 1.64 bits per heavy atom. The number of unbranched alkanes of at least 4 members (excludes halogenated alkanes) is 1. The molecule has 1 aliphatic rings. The van der Waals surface area contributed by atoms with Crippen LogP contribution in [0.5, 0.6) is 0 Å². The summed E-state index contributed by atoms with van der Waals surface area (Å²) in [6.45, 7) is 3.96. The van der Waals surface area contributed by atoms with Crippen LogP contribution in [-0.4, -0.2) is 11.8 Å². The molecule has 1 N–H and O–H groups in total. The average Bonchev–Trinajstić information content (AvgIpc) is 3.06. The molecule has 0 fully saturated rings. The number of hydrogen-bond donors (Lipinski definition) is 1. The van der Waals surface area contributed by atoms with Gasteiger partial charge in [0.05, 0.1) is 11.3 Å². The summed E-state index contributed by atoms with van der Waals surface area (Å²) in [6, 6.07) is 18.3. The fourth-order valence-electron chi connectivity index (χ4n) is 3.83. The number of anilines is 2. The highest BCUT2D eigenvalue weighted by Crippen LogP contribution is 2.35. The minimum absolute atomic E-state index is 0.132. The van der Waals surface area contributed by atoms with Crippen molar-refractivity contribution in [3.63, 3.8) is 0 Å². The molecule has 0 bridgehead atoms. The van der Waals surface area contributed by atoms with Gasteiger partial charge in [0.25, 0.3) is 11.8 Å². The first-order chi connectivity index (χ1) is 15.9. The zero-order chi connectivity index (χ0) is 23.5. The summed E-state index contributed by atoms with van der Waals surface area (Å²) in [5, 5.41) is 3.66. The summed E-state index contributed by atoms with van der Waals surface area (Å²) in [7, 11) is 0. The van der Waals surface area contributed by atoms with Crippen LogP contribution in [-0.2, 0) is 16.0 Å². The molecule has 4 rings (SSSR count). The first kappa shape index (κ1) is 22.7. The van der Waals surface area contributed by atoms with Gasteiger partial charge >= 0.3 is 0 Å². The lowest BCUT2D eigenvalue weighted by molar-refractivity contribution is -0.120. The van der Waals surface area contributed by atoms with Gasteiger partial charge in [0.15, 0.2) is 0 Å². The second kappa shape index (κ2) is 9.59. The Morgan fingerprint density at radius 3 is 2.30 bits per heavy atom. The van der Waals surface area contributed by atoms with Crippen LogP contribution in [0.25, 0.3) is 5.57 Å². The highest BCUT2D eigenvalue weighted by molar-refractivity contribution is 6.46. The van der Waals surface area contributed by atoms with Gasteiger partial charge in [-0.2, -0.15) is 0 Å². The topological polar surface area (TPSA) is 49.4 Å². The number of carbonyl (C=O) groups excluding carboxylic acids is 2. The molecule has 0 radical (unpaired) electrons. The van der Waals surface area contributed by atoms with Crippen LogP contribution in [0, 0.1) is 12.7 Å². The predicted molar refractivity (Wildman–Crippen MR) is 131 cm³/mol. The normalized spacial score (nSPS) is 13.8. The molecule has 0 saturated carbocycles. The van der Waals surface area contributed by atoms with Gasteiger partial charge in [-0.25, -0.2) is 9.29 Å². The molecule has 4 nitrogen and oxygen atoms in total. The molecule has 0 spiro atoms. The minimum Gasteiger partial charge on any atom is -0.350 e. The third kappa shape index (κ3) is 4.55. The monoisotopic (exact) mass is 462 g/mol. The summed E-state index contributed by atoms with van der Waals surface area (Å²) in [4.78, 5) is 28.2. The minimum atomic E-state index is -0.472. The van der Waals surface area contributed by atoms with Gasteiger partial charge in [-0.05, 0) is 72.9 Å². The maximum absolute atomic E-state index is 13.5. The molecule has 0 atom stereocenters. The van der Waals surface area contributed by atoms with Crippen molar-refractivity contribution in [2.75, 3.05) is 10.2 Å². The molecule has 33 heavy (non-hydrogen) atoms. The number of nitrogens with one attached hydrogen (secondary N) is 1. The van der Waals surface area contributed by atoms with Crippen LogP contribution < -0.4 is 10.2 Å². The Balaban J connectivity index is 1.75. The van der Waals surface area contributed by atoms with Crippen LogP contribution in [0.1, 0.15) is 36.5 Å². The van der Waals surface area contributed by atoms with Crippen LogP contribution >= 0.6 is 11.6 Å². The smallest absolute Gasteiger partial charge is 0.282 e. The van der Waals surface area contributed by atoms with E-state index in [-0.39, 0.29) is 11.3 Å². The number of imide groups is 1. The molecule has 2 amide bonds. The van der Waals surface area contributed by atoms with Crippen molar-refractivity contribution in [2.24, 2.45) is 0 Å². The third-order valence-corrected chi connectivity index (χ3v) is 6.17. The molecular formula is C27H24ClFN2O2. The van der Waals surface area contributed by atoms with Gasteiger partial charge in [0.2, 0.25) is 0 Å². The Hall–Kier alpha value is -3.44. The lowest BCUT2D eigenvalue weighted by Crippen LogP contribution is -2.32. The Kier molecular flexibility index (Phi) is 6.61. The van der Waals surface area contributed by atoms with E-state index >= 15 is 0 Å². The molecule has 0 saturated heterocycles. The van der Waals surface area contributed by atoms with E-state index in [0.29, 0.717) is 22.0 Å². The number of aryl methyl sites for hydroxylation is 1. The molecule has 0 aromatic heterocycles. The molecule has 6 heteroatoms. The van der Waals surface area contributed by atoms with Crippen molar-refractivity contribution in [1.82, 2.24) is 0 Å². The van der Waals surface area contributed by atoms with E-state index in [2.05, 4.69) is 12.2 Å². The Morgan fingerprint density at radius 1 is 0.939 bits per heavy atom. The van der Waals surface area contributed by atoms with Gasteiger partial charge in [-0.15, -0.1) is 0 Å². The van der Waals surface area contributed by atoms with E-state index in [9.17, 15) is 14.0 Å². The fourth-order valence-corrected chi connectivity index (χ4v) is 4.01. The second-order valence-electron chi connectivity index (χ2n) is 8.01. The van der Waals surface area contributed by atoms with Crippen LogP contribution in [0.4, 0.5) is 15.8 Å². The molecule has 1 heterocycles. The van der Waals surface area contributed by atoms with E-state index in [1.807, 2.05) is 19.1 Å². The molecule has 0 unspecified atom stereocenters. The van der Waals surface area contributed by atoms with Crippen molar-refractivity contribution < 1.29 is 14.0 Å². The largest absolute Gasteiger partial charge is 0.350 e. The standard InChI is InChI=1S/C27H24ClFN2O2/c1-3-4-6-18-9-15-21(16-10-18)31-26(32)24(19-11-13-20(29)14-12-19)25(27(31)33)30-23-8-5-7-22(28)17(23)2/h5,7-16,30H,3-4,6H2,1-2H3. The number of carbonyl (C=O) groups is 2. The van der Waals surface area contributed by atoms with E-state index in [4.69, 9.17) is 11.6 Å². The van der Waals surface area contributed by atoms with Crippen molar-refractivity contribution in [1.29, 1.82) is 0 Å². The van der Waals surface area contributed by atoms with Crippen molar-refractivity contribution in [3.8, 4) is 0 Å². The van der Waals surface area contributed by atoms with Crippen LogP contribution in [0.3, 0.4) is 0 Å². The lowest BCUT2D eigenvalue weighted by atomic mass is 10.0. The highest BCUT2D eigenvalue weighted by Gasteiger charge is 2.40. The number of rotatable bonds is 7. The Bertz CT molecular complexity index is 1230. The maximum atomic E-state index is 13.5. The van der Waals surface area contributed by atoms with Gasteiger partial charge < -0.3 is 5.32 Å². The van der Waals surface area contributed by atoms with Gasteiger partial charge in [-0.1, -0.05) is 55.3 Å². The second-order valence-corrected chi connectivity index (χ2v) is 8.42. The zero-order valence-corrected chi connectivity index (χ0v) is 19.2. The summed E-state index contributed by atoms with van der Waals surface area (Å²) in [6.07, 6.45) is 3.11. The molecule has 1 aliphatic heterocycles. The Labute approximate surface area is 197 Å². The SMILES string of the molecule is CCCCc1ccc(N2C(=O)C(Nc3cccc(Cl)c3C)=C(c3ccc(F)cc3)C2=O)cc1. The molecule has 3 aromatic carbocycles. The maximum Gasteiger partial charge on any atom is 0.282 e. The summed E-state index contributed by atoms with van der Waals surface area (Å²) >= 11 is 6.25. The van der Waals surface area contributed by atoms with Crippen LogP contribution in [0.2, 0.25) is 5.02 Å². The number of nitrogens with zero attached hydrogens (tertiary/aromatic N) is 1. The lowest BCUT2D eigenvalue weighted by Gasteiger charge is -2.16. The average molecular weight is 463 g/mol. The fraction of sp³-hybridized carbons (Fsp3) is 0.185. The summed E-state index contributed by atoms with van der Waals surface area (Å²) < 4.78 is 13.5. The van der Waals surface area contributed by atoms with E-state index in [0.717, 1.165) is 35.3 Å². The van der Waals surface area contributed by atoms with Crippen molar-refractivity contribution in [2.45, 2.75) is 33.1 Å². The summed E-state index contributed by atoms with van der Waals surface area (Å²) in [5.74, 6) is -1.36. The number of halogens is 2. The quantitative estimate of drug-likeness (QED) is 0.406. The first-order valence-corrected chi connectivity index (χ1v) is 11.3. The molecule has 3 aromatic rings. The van der Waals surface area contributed by atoms with Crippen molar-refractivity contribution >= 4 is 40.4 Å². The first-order valence-electron chi connectivity index (χ1n) is 10.9. The van der Waals surface area contributed by atoms with Gasteiger partial charge in [0, 0.05) is 10.7 Å². The third-order valence-electron chi connectivity index (χ3n) is 5.76. The number of benzene rings is 3. The predicted octanol–water partition coefficient (Wildman–Crippen LogP) is 6.53. The number of hydrogen-bond acceptors (Lipinski definition) is 3. The highest BCUT2D eigenvalue weighted by atomic mass is 35.5. The van der Waals surface area contributed by atoms with Gasteiger partial charge in [-0.3, -0.25) is 9.59 Å². The van der Waals surface area contributed by atoms with E-state index in [1.54, 1.807) is 30.3 Å². The van der Waals surface area contributed by atoms with Gasteiger partial charge in [0.1, 0.15) is 11.5 Å². The van der Waals surface area contributed by atoms with E-state index in [1.165, 1.54) is 24.3 Å². The van der Waals surface area contributed by atoms with E-state index < -0.39 is 17.6 Å². The number of amides is 2. The van der Waals surface area contributed by atoms with Crippen molar-refractivity contribution in [3.05, 3.63) is 100.0 Å². The summed E-state index contributed by atoms with van der Waals surface area (Å²) in [5.41, 5.74) is 3.79. The van der Waals surface area contributed by atoms with Crippen LogP contribution in [0.15, 0.2) is 72.4 Å². The zero-order valence-electron chi connectivity index (χ0n) is 18.5. The molecule has 168 valence electrons. The molecule has 0 aliphatic carbocycles.